The molecule has 0 fully saturated rings. The molecule has 2 aromatic rings. The Hall–Kier alpha value is -2.30. The summed E-state index contributed by atoms with van der Waals surface area (Å²) in [6, 6.07) is 5.63. The van der Waals surface area contributed by atoms with Crippen molar-refractivity contribution in [3.05, 3.63) is 29.5 Å². The fourth-order valence-electron chi connectivity index (χ4n) is 2.70. The number of hydrogen-bond acceptors (Lipinski definition) is 3. The van der Waals surface area contributed by atoms with E-state index in [1.807, 2.05) is 39.0 Å². The van der Waals surface area contributed by atoms with Crippen LogP contribution >= 0.6 is 0 Å². The van der Waals surface area contributed by atoms with Crippen LogP contribution in [-0.2, 0) is 11.2 Å². The van der Waals surface area contributed by atoms with Gasteiger partial charge in [0.1, 0.15) is 5.60 Å². The highest BCUT2D eigenvalue weighted by atomic mass is 16.6. The highest BCUT2D eigenvalue weighted by molar-refractivity contribution is 5.99. The first-order valence-electron chi connectivity index (χ1n) is 6.99. The lowest BCUT2D eigenvalue weighted by Crippen LogP contribution is -2.35. The zero-order valence-corrected chi connectivity index (χ0v) is 12.4. The zero-order chi connectivity index (χ0) is 15.2. The molecule has 3 rings (SSSR count). The second-order valence-corrected chi connectivity index (χ2v) is 6.25. The number of nitrogens with one attached hydrogen (secondary N) is 1. The highest BCUT2D eigenvalue weighted by Gasteiger charge is 2.30. The maximum absolute atomic E-state index is 12.3. The predicted octanol–water partition coefficient (Wildman–Crippen LogP) is 3.28. The number of aromatic nitrogens is 1. The Morgan fingerprint density at radius 1 is 1.38 bits per heavy atom. The summed E-state index contributed by atoms with van der Waals surface area (Å²) in [5.74, 6) is 0. The van der Waals surface area contributed by atoms with Crippen molar-refractivity contribution in [3.63, 3.8) is 0 Å². The molecule has 0 saturated carbocycles. The second kappa shape index (κ2) is 4.62. The number of aromatic amines is 1. The van der Waals surface area contributed by atoms with E-state index in [9.17, 15) is 9.59 Å². The number of ether oxygens (including phenoxy) is 1. The minimum atomic E-state index is -0.511. The summed E-state index contributed by atoms with van der Waals surface area (Å²) >= 11 is 0. The molecular formula is C16H18N2O3. The van der Waals surface area contributed by atoms with Crippen molar-refractivity contribution in [1.82, 2.24) is 4.98 Å². The van der Waals surface area contributed by atoms with E-state index in [-0.39, 0.29) is 6.09 Å². The highest BCUT2D eigenvalue weighted by Crippen LogP contribution is 2.35. The van der Waals surface area contributed by atoms with Gasteiger partial charge in [-0.1, -0.05) is 0 Å². The van der Waals surface area contributed by atoms with Crippen LogP contribution in [0, 0.1) is 0 Å². The normalized spacial score (nSPS) is 14.3. The summed E-state index contributed by atoms with van der Waals surface area (Å²) in [6.45, 7) is 6.17. The van der Waals surface area contributed by atoms with E-state index >= 15 is 0 Å². The molecule has 21 heavy (non-hydrogen) atoms. The van der Waals surface area contributed by atoms with Crippen LogP contribution < -0.4 is 4.90 Å². The number of amides is 1. The Morgan fingerprint density at radius 2 is 2.14 bits per heavy atom. The number of H-pyrrole nitrogens is 1. The number of benzene rings is 1. The number of fused-ring (bicyclic) bond motifs is 3. The molecule has 1 N–H and O–H groups in total. The van der Waals surface area contributed by atoms with Gasteiger partial charge >= 0.3 is 6.09 Å². The average Bonchev–Trinajstić information content (AvgIpc) is 2.99. The Bertz CT molecular complexity index is 725. The molecule has 0 spiro atoms. The number of rotatable bonds is 1. The molecule has 110 valence electrons. The van der Waals surface area contributed by atoms with Crippen LogP contribution in [0.1, 0.15) is 36.8 Å². The second-order valence-electron chi connectivity index (χ2n) is 6.25. The minimum Gasteiger partial charge on any atom is -0.443 e. The molecule has 5 heteroatoms. The summed E-state index contributed by atoms with van der Waals surface area (Å²) in [6.07, 6.45) is 1.24. The van der Waals surface area contributed by atoms with Gasteiger partial charge in [0.05, 0.1) is 11.4 Å². The Kier molecular flexibility index (Phi) is 3.01. The van der Waals surface area contributed by atoms with Crippen LogP contribution in [-0.4, -0.2) is 29.5 Å². The molecule has 0 radical (unpaired) electrons. The van der Waals surface area contributed by atoms with Gasteiger partial charge in [-0.3, -0.25) is 9.69 Å². The quantitative estimate of drug-likeness (QED) is 0.818. The van der Waals surface area contributed by atoms with Gasteiger partial charge in [0.2, 0.25) is 0 Å². The van der Waals surface area contributed by atoms with Crippen molar-refractivity contribution in [2.75, 3.05) is 11.4 Å². The van der Waals surface area contributed by atoms with Crippen molar-refractivity contribution in [2.24, 2.45) is 0 Å². The van der Waals surface area contributed by atoms with Crippen LogP contribution in [0.5, 0.6) is 0 Å². The molecule has 1 aromatic carbocycles. The molecule has 2 heterocycles. The Morgan fingerprint density at radius 3 is 2.81 bits per heavy atom. The first kappa shape index (κ1) is 13.7. The Labute approximate surface area is 122 Å². The third kappa shape index (κ3) is 2.39. The lowest BCUT2D eigenvalue weighted by molar-refractivity contribution is 0.0584. The van der Waals surface area contributed by atoms with Gasteiger partial charge in [0.15, 0.2) is 6.29 Å². The average molecular weight is 286 g/mol. The third-order valence-corrected chi connectivity index (χ3v) is 3.53. The van der Waals surface area contributed by atoms with Gasteiger partial charge < -0.3 is 9.72 Å². The van der Waals surface area contributed by atoms with Crippen LogP contribution in [0.2, 0.25) is 0 Å². The van der Waals surface area contributed by atoms with E-state index < -0.39 is 5.60 Å². The van der Waals surface area contributed by atoms with Gasteiger partial charge in [-0.2, -0.15) is 0 Å². The maximum atomic E-state index is 12.3. The number of hydrogen-bond donors (Lipinski definition) is 1. The lowest BCUT2D eigenvalue weighted by Gasteiger charge is -2.24. The van der Waals surface area contributed by atoms with Gasteiger partial charge in [0, 0.05) is 17.4 Å². The summed E-state index contributed by atoms with van der Waals surface area (Å²) in [5.41, 5.74) is 2.91. The number of carbonyl (C=O) groups is 2. The third-order valence-electron chi connectivity index (χ3n) is 3.53. The fraction of sp³-hybridized carbons (Fsp3) is 0.375. The largest absolute Gasteiger partial charge is 0.443 e. The zero-order valence-electron chi connectivity index (χ0n) is 12.4. The van der Waals surface area contributed by atoms with E-state index in [1.54, 1.807) is 4.90 Å². The monoisotopic (exact) mass is 286 g/mol. The summed E-state index contributed by atoms with van der Waals surface area (Å²) in [5, 5.41) is 1.00. The summed E-state index contributed by atoms with van der Waals surface area (Å²) < 4.78 is 5.44. The van der Waals surface area contributed by atoms with Gasteiger partial charge in [-0.15, -0.1) is 0 Å². The lowest BCUT2D eigenvalue weighted by atomic mass is 10.1. The molecule has 5 nitrogen and oxygen atoms in total. The van der Waals surface area contributed by atoms with Crippen molar-refractivity contribution in [3.8, 4) is 0 Å². The molecule has 0 bridgehead atoms. The van der Waals surface area contributed by atoms with Crippen molar-refractivity contribution < 1.29 is 14.3 Å². The maximum Gasteiger partial charge on any atom is 0.414 e. The first-order chi connectivity index (χ1) is 9.89. The number of aldehydes is 1. The predicted molar refractivity (Wildman–Crippen MR) is 81.0 cm³/mol. The topological polar surface area (TPSA) is 62.4 Å². The fourth-order valence-corrected chi connectivity index (χ4v) is 2.70. The summed E-state index contributed by atoms with van der Waals surface area (Å²) in [4.78, 5) is 27.9. The van der Waals surface area contributed by atoms with Gasteiger partial charge in [0.25, 0.3) is 0 Å². The molecular weight excluding hydrogens is 268 g/mol. The van der Waals surface area contributed by atoms with E-state index in [0.717, 1.165) is 34.9 Å². The van der Waals surface area contributed by atoms with Gasteiger partial charge in [-0.05, 0) is 51.0 Å². The van der Waals surface area contributed by atoms with Crippen molar-refractivity contribution in [2.45, 2.75) is 32.8 Å². The molecule has 1 amide bonds. The van der Waals surface area contributed by atoms with E-state index in [0.29, 0.717) is 12.2 Å². The smallest absolute Gasteiger partial charge is 0.414 e. The molecule has 1 aromatic heterocycles. The standard InChI is InChI=1S/C16H18N2O3/c1-16(2,3)21-15(20)18-7-6-11-12-8-10(9-19)17-13(12)4-5-14(11)18/h4-5,8-9,17H,6-7H2,1-3H3. The molecule has 1 aliphatic heterocycles. The van der Waals surface area contributed by atoms with E-state index in [4.69, 9.17) is 4.74 Å². The molecule has 0 atom stereocenters. The van der Waals surface area contributed by atoms with Crippen LogP contribution in [0.3, 0.4) is 0 Å². The van der Waals surface area contributed by atoms with Crippen molar-refractivity contribution >= 4 is 29.0 Å². The SMILES string of the molecule is CC(C)(C)OC(=O)N1CCc2c1ccc1[nH]c(C=O)cc21. The molecule has 1 aliphatic rings. The summed E-state index contributed by atoms with van der Waals surface area (Å²) in [7, 11) is 0. The number of anilines is 1. The first-order valence-corrected chi connectivity index (χ1v) is 6.99. The molecule has 0 saturated heterocycles. The van der Waals surface area contributed by atoms with Gasteiger partial charge in [-0.25, -0.2) is 4.79 Å². The van der Waals surface area contributed by atoms with Crippen LogP contribution in [0.15, 0.2) is 18.2 Å². The van der Waals surface area contributed by atoms with Crippen molar-refractivity contribution in [1.29, 1.82) is 0 Å². The number of carbonyl (C=O) groups excluding carboxylic acids is 2. The molecule has 0 aliphatic carbocycles. The van der Waals surface area contributed by atoms with Crippen LogP contribution in [0.4, 0.5) is 10.5 Å². The number of nitrogens with zero attached hydrogens (tertiary/aromatic N) is 1. The minimum absolute atomic E-state index is 0.327. The van der Waals surface area contributed by atoms with Crippen LogP contribution in [0.25, 0.3) is 10.9 Å². The van der Waals surface area contributed by atoms with E-state index in [1.165, 1.54) is 0 Å². The van der Waals surface area contributed by atoms with E-state index in [2.05, 4.69) is 4.98 Å². The Balaban J connectivity index is 1.99. The molecule has 0 unspecified atom stereocenters.